The molecule has 2 atom stereocenters. The Kier molecular flexibility index (Phi) is 3.17. The summed E-state index contributed by atoms with van der Waals surface area (Å²) in [7, 11) is 2.18. The van der Waals surface area contributed by atoms with Crippen molar-refractivity contribution >= 4 is 11.4 Å². The highest BCUT2D eigenvalue weighted by atomic mass is 15.3. The van der Waals surface area contributed by atoms with Crippen LogP contribution in [-0.4, -0.2) is 32.2 Å². The maximum Gasteiger partial charge on any atom is 0.0609 e. The van der Waals surface area contributed by atoms with Crippen LogP contribution in [0.1, 0.15) is 26.2 Å². The van der Waals surface area contributed by atoms with Crippen LogP contribution in [-0.2, 0) is 0 Å². The van der Waals surface area contributed by atoms with E-state index in [-0.39, 0.29) is 5.54 Å². The van der Waals surface area contributed by atoms with E-state index in [0.717, 1.165) is 19.6 Å². The minimum atomic E-state index is 0.178. The summed E-state index contributed by atoms with van der Waals surface area (Å²) in [4.78, 5) is 4.97. The van der Waals surface area contributed by atoms with Gasteiger partial charge < -0.3 is 15.5 Å². The Balaban J connectivity index is 2.04. The zero-order valence-electron chi connectivity index (χ0n) is 12.1. The lowest BCUT2D eigenvalue weighted by Gasteiger charge is -2.50. The van der Waals surface area contributed by atoms with Crippen LogP contribution in [0.2, 0.25) is 0 Å². The average molecular weight is 259 g/mol. The molecule has 0 radical (unpaired) electrons. The Bertz CT molecular complexity index is 459. The fraction of sp³-hybridized carbons (Fsp3) is 0.625. The van der Waals surface area contributed by atoms with E-state index in [1.165, 1.54) is 30.6 Å². The first-order chi connectivity index (χ1) is 9.19. The molecule has 1 aromatic rings. The third kappa shape index (κ3) is 1.83. The van der Waals surface area contributed by atoms with E-state index >= 15 is 0 Å². The van der Waals surface area contributed by atoms with Crippen molar-refractivity contribution in [2.24, 2.45) is 11.7 Å². The van der Waals surface area contributed by atoms with Crippen molar-refractivity contribution < 1.29 is 0 Å². The highest BCUT2D eigenvalue weighted by Crippen LogP contribution is 2.45. The Labute approximate surface area is 116 Å². The molecular weight excluding hydrogens is 234 g/mol. The Morgan fingerprint density at radius 2 is 2.00 bits per heavy atom. The minimum absolute atomic E-state index is 0.178. The van der Waals surface area contributed by atoms with Crippen LogP contribution in [0.5, 0.6) is 0 Å². The van der Waals surface area contributed by atoms with Crippen LogP contribution in [0, 0.1) is 5.92 Å². The van der Waals surface area contributed by atoms with E-state index in [1.54, 1.807) is 0 Å². The number of nitrogens with two attached hydrogens (primary N) is 1. The van der Waals surface area contributed by atoms with E-state index in [2.05, 4.69) is 48.0 Å². The van der Waals surface area contributed by atoms with Crippen LogP contribution in [0.3, 0.4) is 0 Å². The molecule has 1 fully saturated rings. The highest BCUT2D eigenvalue weighted by molar-refractivity contribution is 5.74. The molecule has 1 aliphatic carbocycles. The second kappa shape index (κ2) is 4.71. The topological polar surface area (TPSA) is 32.5 Å². The van der Waals surface area contributed by atoms with E-state index in [1.807, 2.05) is 0 Å². The smallest absolute Gasteiger partial charge is 0.0609 e. The number of hydrogen-bond acceptors (Lipinski definition) is 3. The van der Waals surface area contributed by atoms with E-state index in [4.69, 9.17) is 5.73 Å². The van der Waals surface area contributed by atoms with Gasteiger partial charge in [-0.2, -0.15) is 0 Å². The summed E-state index contributed by atoms with van der Waals surface area (Å²) < 4.78 is 0. The molecule has 3 nitrogen and oxygen atoms in total. The molecule has 1 aromatic carbocycles. The van der Waals surface area contributed by atoms with Crippen LogP contribution in [0.4, 0.5) is 11.4 Å². The number of fused-ring (bicyclic) bond motifs is 1. The zero-order chi connectivity index (χ0) is 13.5. The first-order valence-corrected chi connectivity index (χ1v) is 7.47. The van der Waals surface area contributed by atoms with Crippen LogP contribution >= 0.6 is 0 Å². The second-order valence-corrected chi connectivity index (χ2v) is 6.16. The van der Waals surface area contributed by atoms with E-state index in [0.29, 0.717) is 5.92 Å². The first-order valence-electron chi connectivity index (χ1n) is 7.47. The van der Waals surface area contributed by atoms with Gasteiger partial charge in [-0.15, -0.1) is 0 Å². The van der Waals surface area contributed by atoms with Gasteiger partial charge in [0.1, 0.15) is 0 Å². The number of hydrogen-bond donors (Lipinski definition) is 1. The van der Waals surface area contributed by atoms with Crippen molar-refractivity contribution in [2.45, 2.75) is 31.7 Å². The fourth-order valence-corrected chi connectivity index (χ4v) is 4.01. The molecule has 0 spiro atoms. The maximum atomic E-state index is 6.23. The third-order valence-electron chi connectivity index (χ3n) is 5.30. The minimum Gasteiger partial charge on any atom is -0.371 e. The number of anilines is 2. The molecular formula is C16H25N3. The van der Waals surface area contributed by atoms with Crippen LogP contribution in [0.25, 0.3) is 0 Å². The van der Waals surface area contributed by atoms with Gasteiger partial charge in [0.2, 0.25) is 0 Å². The molecule has 2 aliphatic rings. The number of rotatable bonds is 2. The van der Waals surface area contributed by atoms with Crippen molar-refractivity contribution in [3.63, 3.8) is 0 Å². The molecule has 19 heavy (non-hydrogen) atoms. The first kappa shape index (κ1) is 12.8. The van der Waals surface area contributed by atoms with Crippen LogP contribution in [0.15, 0.2) is 24.3 Å². The number of benzene rings is 1. The summed E-state index contributed by atoms with van der Waals surface area (Å²) in [6.07, 6.45) is 3.86. The van der Waals surface area contributed by atoms with Gasteiger partial charge >= 0.3 is 0 Å². The van der Waals surface area contributed by atoms with Crippen molar-refractivity contribution in [3.8, 4) is 0 Å². The predicted octanol–water partition coefficient (Wildman–Crippen LogP) is 2.46. The van der Waals surface area contributed by atoms with Crippen LogP contribution < -0.4 is 15.5 Å². The molecule has 1 aliphatic heterocycles. The molecule has 3 rings (SSSR count). The number of para-hydroxylation sites is 2. The Morgan fingerprint density at radius 3 is 2.63 bits per heavy atom. The summed E-state index contributed by atoms with van der Waals surface area (Å²) in [6.45, 7) is 5.33. The molecule has 0 aromatic heterocycles. The lowest BCUT2D eigenvalue weighted by Crippen LogP contribution is -2.59. The van der Waals surface area contributed by atoms with Gasteiger partial charge in [-0.3, -0.25) is 0 Å². The van der Waals surface area contributed by atoms with Crippen molar-refractivity contribution in [2.75, 3.05) is 36.5 Å². The maximum absolute atomic E-state index is 6.23. The molecule has 104 valence electrons. The average Bonchev–Trinajstić information content (AvgIpc) is 2.82. The summed E-state index contributed by atoms with van der Waals surface area (Å²) in [5, 5.41) is 0. The molecule has 1 saturated carbocycles. The molecule has 2 N–H and O–H groups in total. The molecule has 0 saturated heterocycles. The molecule has 3 heteroatoms. The van der Waals surface area contributed by atoms with Crippen molar-refractivity contribution in [1.82, 2.24) is 0 Å². The Hall–Kier alpha value is -1.22. The van der Waals surface area contributed by atoms with Gasteiger partial charge in [0, 0.05) is 26.7 Å². The van der Waals surface area contributed by atoms with Crippen molar-refractivity contribution in [1.29, 1.82) is 0 Å². The van der Waals surface area contributed by atoms with Crippen molar-refractivity contribution in [3.05, 3.63) is 24.3 Å². The van der Waals surface area contributed by atoms with Gasteiger partial charge in [0.25, 0.3) is 0 Å². The molecule has 0 amide bonds. The van der Waals surface area contributed by atoms with E-state index in [9.17, 15) is 0 Å². The lowest BCUT2D eigenvalue weighted by atomic mass is 9.85. The third-order valence-corrected chi connectivity index (χ3v) is 5.30. The van der Waals surface area contributed by atoms with Gasteiger partial charge in [-0.05, 0) is 30.9 Å². The lowest BCUT2D eigenvalue weighted by molar-refractivity contribution is 0.316. The monoisotopic (exact) mass is 259 g/mol. The summed E-state index contributed by atoms with van der Waals surface area (Å²) in [6, 6.07) is 8.76. The standard InChI is InChI=1S/C16H25N3/c1-13-6-5-9-16(13,12-17)19-11-10-18(2)14-7-3-4-8-15(14)19/h3-4,7-8,13H,5-6,9-12,17H2,1-2H3. The predicted molar refractivity (Wildman–Crippen MR) is 81.9 cm³/mol. The normalized spacial score (nSPS) is 30.6. The Morgan fingerprint density at radius 1 is 1.26 bits per heavy atom. The summed E-state index contributed by atoms with van der Waals surface area (Å²) >= 11 is 0. The van der Waals surface area contributed by atoms with Gasteiger partial charge in [-0.25, -0.2) is 0 Å². The summed E-state index contributed by atoms with van der Waals surface area (Å²) in [5.41, 5.74) is 9.12. The fourth-order valence-electron chi connectivity index (χ4n) is 4.01. The number of likely N-dealkylation sites (N-methyl/N-ethyl adjacent to an activating group) is 1. The molecule has 2 unspecified atom stereocenters. The van der Waals surface area contributed by atoms with Gasteiger partial charge in [-0.1, -0.05) is 25.5 Å². The van der Waals surface area contributed by atoms with Gasteiger partial charge in [0.15, 0.2) is 0 Å². The van der Waals surface area contributed by atoms with E-state index < -0.39 is 0 Å². The quantitative estimate of drug-likeness (QED) is 0.885. The summed E-state index contributed by atoms with van der Waals surface area (Å²) in [5.74, 6) is 0.689. The molecule has 1 heterocycles. The van der Waals surface area contributed by atoms with Gasteiger partial charge in [0.05, 0.1) is 16.9 Å². The SMILES string of the molecule is CC1CCCC1(CN)N1CCN(C)c2ccccc21. The molecule has 0 bridgehead atoms. The number of nitrogens with zero attached hydrogens (tertiary/aromatic N) is 2. The largest absolute Gasteiger partial charge is 0.371 e. The zero-order valence-corrected chi connectivity index (χ0v) is 12.1. The second-order valence-electron chi connectivity index (χ2n) is 6.16. The highest BCUT2D eigenvalue weighted by Gasteiger charge is 2.45.